The maximum Gasteiger partial charge on any atom is 0.417 e. The van der Waals surface area contributed by atoms with Crippen molar-refractivity contribution in [1.82, 2.24) is 0 Å². The predicted octanol–water partition coefficient (Wildman–Crippen LogP) is 4.61. The Morgan fingerprint density at radius 3 is 2.32 bits per heavy atom. The van der Waals surface area contributed by atoms with E-state index in [0.717, 1.165) is 24.3 Å². The summed E-state index contributed by atoms with van der Waals surface area (Å²) < 4.78 is 52.5. The third-order valence-corrected chi connectivity index (χ3v) is 2.92. The molecule has 0 bridgehead atoms. The Morgan fingerprint density at radius 2 is 1.73 bits per heavy atom. The number of carbonyl (C=O) groups is 1. The molecule has 0 aromatic heterocycles. The lowest BCUT2D eigenvalue weighted by molar-refractivity contribution is -0.137. The highest BCUT2D eigenvalue weighted by atomic mass is 19.4. The predicted molar refractivity (Wildman–Crippen MR) is 73.5 cm³/mol. The maximum absolute atomic E-state index is 13.2. The Balaban J connectivity index is 2.55. The highest BCUT2D eigenvalue weighted by Crippen LogP contribution is 2.35. The molecular weight excluding hydrogens is 300 g/mol. The van der Waals surface area contributed by atoms with Crippen molar-refractivity contribution < 1.29 is 27.5 Å². The highest BCUT2D eigenvalue weighted by molar-refractivity contribution is 5.86. The van der Waals surface area contributed by atoms with E-state index in [1.807, 2.05) is 0 Å². The smallest absolute Gasteiger partial charge is 0.417 e. The molecule has 2 aromatic carbocycles. The Morgan fingerprint density at radius 1 is 1.05 bits per heavy atom. The van der Waals surface area contributed by atoms with Gasteiger partial charge < -0.3 is 5.11 Å². The molecule has 0 aliphatic rings. The van der Waals surface area contributed by atoms with E-state index in [1.165, 1.54) is 24.3 Å². The molecule has 114 valence electrons. The van der Waals surface area contributed by atoms with Crippen LogP contribution in [0.5, 0.6) is 0 Å². The summed E-state index contributed by atoms with van der Waals surface area (Å²) in [6.07, 6.45) is -3.14. The summed E-state index contributed by atoms with van der Waals surface area (Å²) in [4.78, 5) is 10.4. The van der Waals surface area contributed by atoms with Crippen LogP contribution in [0.15, 0.2) is 48.5 Å². The number of aliphatic carboxylic acids is 1. The minimum absolute atomic E-state index is 0.194. The van der Waals surface area contributed by atoms with Gasteiger partial charge in [-0.1, -0.05) is 24.3 Å². The molecule has 1 N–H and O–H groups in total. The van der Waals surface area contributed by atoms with Crippen LogP contribution in [0, 0.1) is 5.82 Å². The second-order valence-electron chi connectivity index (χ2n) is 4.48. The second kappa shape index (κ2) is 6.01. The van der Waals surface area contributed by atoms with Crippen molar-refractivity contribution in [2.45, 2.75) is 6.18 Å². The van der Waals surface area contributed by atoms with Crippen LogP contribution in [0.1, 0.15) is 11.1 Å². The van der Waals surface area contributed by atoms with Crippen molar-refractivity contribution in [2.75, 3.05) is 0 Å². The summed E-state index contributed by atoms with van der Waals surface area (Å²) in [7, 11) is 0. The second-order valence-corrected chi connectivity index (χ2v) is 4.48. The van der Waals surface area contributed by atoms with Crippen molar-refractivity contribution in [3.8, 4) is 11.1 Å². The Bertz CT molecular complexity index is 733. The van der Waals surface area contributed by atoms with Crippen molar-refractivity contribution in [1.29, 1.82) is 0 Å². The van der Waals surface area contributed by atoms with Gasteiger partial charge in [0.05, 0.1) is 5.56 Å². The molecule has 2 nitrogen and oxygen atoms in total. The molecule has 0 saturated heterocycles. The Kier molecular flexibility index (Phi) is 4.30. The molecule has 0 aliphatic carbocycles. The molecule has 0 heterocycles. The summed E-state index contributed by atoms with van der Waals surface area (Å²) in [5, 5.41) is 8.52. The first-order valence-corrected chi connectivity index (χ1v) is 6.15. The van der Waals surface area contributed by atoms with Gasteiger partial charge in [-0.3, -0.25) is 0 Å². The SMILES string of the molecule is O=C(O)C=Cc1ccc(-c2cccc(F)c2)cc1C(F)(F)F. The molecule has 2 aromatic rings. The van der Waals surface area contributed by atoms with Gasteiger partial charge in [-0.2, -0.15) is 13.2 Å². The zero-order valence-corrected chi connectivity index (χ0v) is 11.1. The van der Waals surface area contributed by atoms with Gasteiger partial charge in [0.15, 0.2) is 0 Å². The van der Waals surface area contributed by atoms with Crippen LogP contribution < -0.4 is 0 Å². The molecule has 0 fully saturated rings. The average molecular weight is 310 g/mol. The minimum Gasteiger partial charge on any atom is -0.478 e. The Hall–Kier alpha value is -2.63. The number of carboxylic acid groups (broad SMARTS) is 1. The molecule has 0 unspecified atom stereocenters. The van der Waals surface area contributed by atoms with E-state index in [1.54, 1.807) is 0 Å². The zero-order valence-electron chi connectivity index (χ0n) is 11.1. The fourth-order valence-electron chi connectivity index (χ4n) is 1.96. The molecule has 0 amide bonds. The summed E-state index contributed by atoms with van der Waals surface area (Å²) in [6.45, 7) is 0. The molecule has 6 heteroatoms. The summed E-state index contributed by atoms with van der Waals surface area (Å²) in [5.74, 6) is -1.90. The van der Waals surface area contributed by atoms with E-state index < -0.39 is 23.5 Å². The number of hydrogen-bond donors (Lipinski definition) is 1. The minimum atomic E-state index is -4.65. The van der Waals surface area contributed by atoms with Gasteiger partial charge in [-0.25, -0.2) is 9.18 Å². The molecule has 22 heavy (non-hydrogen) atoms. The molecule has 0 atom stereocenters. The molecule has 0 spiro atoms. The third-order valence-electron chi connectivity index (χ3n) is 2.92. The Labute approximate surface area is 123 Å². The van der Waals surface area contributed by atoms with Crippen molar-refractivity contribution in [3.63, 3.8) is 0 Å². The zero-order chi connectivity index (χ0) is 16.3. The van der Waals surface area contributed by atoms with E-state index in [-0.39, 0.29) is 11.1 Å². The van der Waals surface area contributed by atoms with Crippen molar-refractivity contribution in [3.05, 3.63) is 65.5 Å². The molecule has 0 aliphatic heterocycles. The average Bonchev–Trinajstić information content (AvgIpc) is 2.44. The first kappa shape index (κ1) is 15.8. The lowest BCUT2D eigenvalue weighted by Gasteiger charge is -2.12. The summed E-state index contributed by atoms with van der Waals surface area (Å²) in [6, 6.07) is 8.62. The standard InChI is InChI=1S/C16H10F4O2/c17-13-3-1-2-11(8-13)12-5-4-10(6-7-15(21)22)14(9-12)16(18,19)20/h1-9H,(H,21,22). The van der Waals surface area contributed by atoms with Gasteiger partial charge in [0.25, 0.3) is 0 Å². The largest absolute Gasteiger partial charge is 0.478 e. The van der Waals surface area contributed by atoms with Crippen LogP contribution in [0.4, 0.5) is 17.6 Å². The van der Waals surface area contributed by atoms with Gasteiger partial charge in [0, 0.05) is 6.08 Å². The van der Waals surface area contributed by atoms with E-state index in [2.05, 4.69) is 0 Å². The topological polar surface area (TPSA) is 37.3 Å². The maximum atomic E-state index is 13.2. The van der Waals surface area contributed by atoms with Crippen LogP contribution in [0.25, 0.3) is 17.2 Å². The molecule has 2 rings (SSSR count). The van der Waals surface area contributed by atoms with Gasteiger partial charge in [-0.15, -0.1) is 0 Å². The van der Waals surface area contributed by atoms with Gasteiger partial charge >= 0.3 is 12.1 Å². The van der Waals surface area contributed by atoms with E-state index in [9.17, 15) is 22.4 Å². The molecular formula is C16H10F4O2. The number of alkyl halides is 3. The van der Waals surface area contributed by atoms with Crippen molar-refractivity contribution in [2.24, 2.45) is 0 Å². The van der Waals surface area contributed by atoms with Crippen molar-refractivity contribution >= 4 is 12.0 Å². The lowest BCUT2D eigenvalue weighted by atomic mass is 9.98. The van der Waals surface area contributed by atoms with Gasteiger partial charge in [0.2, 0.25) is 0 Å². The number of halogens is 4. The fraction of sp³-hybridized carbons (Fsp3) is 0.0625. The number of rotatable bonds is 3. The summed E-state index contributed by atoms with van der Waals surface area (Å²) >= 11 is 0. The summed E-state index contributed by atoms with van der Waals surface area (Å²) in [5.41, 5.74) is -0.750. The lowest BCUT2D eigenvalue weighted by Crippen LogP contribution is -2.07. The number of hydrogen-bond acceptors (Lipinski definition) is 1. The quantitative estimate of drug-likeness (QED) is 0.664. The van der Waals surface area contributed by atoms with Crippen LogP contribution in [-0.4, -0.2) is 11.1 Å². The monoisotopic (exact) mass is 310 g/mol. The normalized spacial score (nSPS) is 11.8. The van der Waals surface area contributed by atoms with Crippen LogP contribution in [-0.2, 0) is 11.0 Å². The number of benzene rings is 2. The van der Waals surface area contributed by atoms with Crippen LogP contribution in [0.2, 0.25) is 0 Å². The highest BCUT2D eigenvalue weighted by Gasteiger charge is 2.33. The van der Waals surface area contributed by atoms with E-state index in [4.69, 9.17) is 5.11 Å². The van der Waals surface area contributed by atoms with Crippen LogP contribution >= 0.6 is 0 Å². The first-order chi connectivity index (χ1) is 10.3. The molecule has 0 radical (unpaired) electrons. The first-order valence-electron chi connectivity index (χ1n) is 6.15. The van der Waals surface area contributed by atoms with Crippen LogP contribution in [0.3, 0.4) is 0 Å². The molecule has 0 saturated carbocycles. The van der Waals surface area contributed by atoms with E-state index >= 15 is 0 Å². The number of carboxylic acids is 1. The van der Waals surface area contributed by atoms with Gasteiger partial charge in [0.1, 0.15) is 5.82 Å². The van der Waals surface area contributed by atoms with E-state index in [0.29, 0.717) is 11.6 Å². The third kappa shape index (κ3) is 3.72. The fourth-order valence-corrected chi connectivity index (χ4v) is 1.96. The van der Waals surface area contributed by atoms with Gasteiger partial charge in [-0.05, 0) is 41.0 Å².